The van der Waals surface area contributed by atoms with Crippen molar-refractivity contribution in [1.29, 1.82) is 0 Å². The van der Waals surface area contributed by atoms with Crippen molar-refractivity contribution in [2.45, 2.75) is 40.2 Å². The molecule has 0 aliphatic carbocycles. The first-order chi connectivity index (χ1) is 8.59. The van der Waals surface area contributed by atoms with E-state index >= 15 is 0 Å². The van der Waals surface area contributed by atoms with E-state index in [2.05, 4.69) is 55.9 Å². The van der Waals surface area contributed by atoms with Crippen LogP contribution < -0.4 is 10.1 Å². The van der Waals surface area contributed by atoms with Gasteiger partial charge in [-0.1, -0.05) is 13.8 Å². The highest BCUT2D eigenvalue weighted by atomic mass is 79.9. The van der Waals surface area contributed by atoms with Crippen molar-refractivity contribution in [2.75, 3.05) is 13.2 Å². The molecule has 0 aromatic heterocycles. The van der Waals surface area contributed by atoms with Crippen LogP contribution in [0.4, 0.5) is 4.39 Å². The molecule has 0 atom stereocenters. The molecule has 0 aliphatic heterocycles. The Morgan fingerprint density at radius 3 is 2.42 bits per heavy atom. The molecule has 0 unspecified atom stereocenters. The van der Waals surface area contributed by atoms with E-state index in [4.69, 9.17) is 4.74 Å². The predicted molar refractivity (Wildman–Crippen MR) is 81.1 cm³/mol. The fourth-order valence-electron chi connectivity index (χ4n) is 1.42. The zero-order valence-corrected chi connectivity index (χ0v) is 13.9. The van der Waals surface area contributed by atoms with Gasteiger partial charge < -0.3 is 10.1 Å². The quantitative estimate of drug-likeness (QED) is 0.864. The molecule has 0 aliphatic rings. The van der Waals surface area contributed by atoms with Crippen LogP contribution in [0.3, 0.4) is 0 Å². The van der Waals surface area contributed by atoms with Crippen LogP contribution >= 0.6 is 15.9 Å². The minimum Gasteiger partial charge on any atom is -0.492 e. The summed E-state index contributed by atoms with van der Waals surface area (Å²) >= 11 is 3.36. The Kier molecular flexibility index (Phi) is 5.39. The molecule has 1 aromatic rings. The number of hydrogen-bond acceptors (Lipinski definition) is 2. The fraction of sp³-hybridized carbons (Fsp3) is 0.600. The molecule has 1 N–H and O–H groups in total. The summed E-state index contributed by atoms with van der Waals surface area (Å²) in [4.78, 5) is 0. The van der Waals surface area contributed by atoms with E-state index < -0.39 is 0 Å². The summed E-state index contributed by atoms with van der Waals surface area (Å²) in [6, 6.07) is 4.46. The molecule has 0 heterocycles. The summed E-state index contributed by atoms with van der Waals surface area (Å²) < 4.78 is 19.7. The third kappa shape index (κ3) is 6.39. The summed E-state index contributed by atoms with van der Waals surface area (Å²) in [6.07, 6.45) is 0. The molecule has 4 heteroatoms. The Hall–Kier alpha value is -0.610. The van der Waals surface area contributed by atoms with Gasteiger partial charge in [0.2, 0.25) is 0 Å². The van der Waals surface area contributed by atoms with Gasteiger partial charge in [0.25, 0.3) is 0 Å². The van der Waals surface area contributed by atoms with Crippen molar-refractivity contribution in [3.8, 4) is 5.75 Å². The van der Waals surface area contributed by atoms with Gasteiger partial charge in [-0.05, 0) is 48.8 Å². The fourth-order valence-corrected chi connectivity index (χ4v) is 1.78. The molecule has 1 rings (SSSR count). The van der Waals surface area contributed by atoms with Crippen LogP contribution in [0.25, 0.3) is 0 Å². The molecule has 0 saturated carbocycles. The average molecular weight is 332 g/mol. The van der Waals surface area contributed by atoms with Crippen molar-refractivity contribution >= 4 is 15.9 Å². The first-order valence-electron chi connectivity index (χ1n) is 6.42. The van der Waals surface area contributed by atoms with Crippen LogP contribution in [0, 0.1) is 11.2 Å². The Balaban J connectivity index is 2.57. The Morgan fingerprint density at radius 2 is 1.84 bits per heavy atom. The third-order valence-electron chi connectivity index (χ3n) is 2.61. The van der Waals surface area contributed by atoms with Crippen molar-refractivity contribution in [2.24, 2.45) is 5.41 Å². The highest BCUT2D eigenvalue weighted by molar-refractivity contribution is 9.10. The molecule has 0 radical (unpaired) electrons. The van der Waals surface area contributed by atoms with E-state index in [0.717, 1.165) is 11.0 Å². The molecule has 0 bridgehead atoms. The summed E-state index contributed by atoms with van der Waals surface area (Å²) in [5.74, 6) is 0.257. The van der Waals surface area contributed by atoms with Gasteiger partial charge in [0.15, 0.2) is 0 Å². The zero-order chi connectivity index (χ0) is 14.7. The molecule has 0 spiro atoms. The van der Waals surface area contributed by atoms with E-state index in [1.54, 1.807) is 6.07 Å². The van der Waals surface area contributed by atoms with Gasteiger partial charge in [0, 0.05) is 23.6 Å². The van der Waals surface area contributed by atoms with Crippen LogP contribution in [0.1, 0.15) is 34.6 Å². The molecule has 0 fully saturated rings. The lowest BCUT2D eigenvalue weighted by Gasteiger charge is -2.30. The number of halogens is 2. The van der Waals surface area contributed by atoms with Gasteiger partial charge in [-0.25, -0.2) is 4.39 Å². The van der Waals surface area contributed by atoms with Crippen molar-refractivity contribution in [3.63, 3.8) is 0 Å². The maximum Gasteiger partial charge on any atom is 0.136 e. The smallest absolute Gasteiger partial charge is 0.136 e. The average Bonchev–Trinajstić information content (AvgIpc) is 2.27. The summed E-state index contributed by atoms with van der Waals surface area (Å²) in [7, 11) is 0. The number of rotatable bonds is 5. The van der Waals surface area contributed by atoms with E-state index in [-0.39, 0.29) is 16.8 Å². The maximum atomic E-state index is 13.2. The van der Waals surface area contributed by atoms with Gasteiger partial charge in [-0.15, -0.1) is 0 Å². The first kappa shape index (κ1) is 16.4. The maximum absolute atomic E-state index is 13.2. The molecule has 0 saturated heterocycles. The van der Waals surface area contributed by atoms with E-state index in [1.807, 2.05) is 0 Å². The third-order valence-corrected chi connectivity index (χ3v) is 3.26. The second-order valence-corrected chi connectivity index (χ2v) is 7.49. The highest BCUT2D eigenvalue weighted by Gasteiger charge is 2.22. The zero-order valence-electron chi connectivity index (χ0n) is 12.3. The minimum atomic E-state index is -0.288. The number of benzene rings is 1. The van der Waals surface area contributed by atoms with Gasteiger partial charge in [-0.3, -0.25) is 0 Å². The highest BCUT2D eigenvalue weighted by Crippen LogP contribution is 2.27. The second-order valence-electron chi connectivity index (χ2n) is 6.63. The summed E-state index contributed by atoms with van der Waals surface area (Å²) in [5, 5.41) is 3.46. The van der Waals surface area contributed by atoms with Crippen LogP contribution in [0.2, 0.25) is 0 Å². The van der Waals surface area contributed by atoms with Crippen molar-refractivity contribution in [3.05, 3.63) is 28.5 Å². The monoisotopic (exact) mass is 331 g/mol. The molecular weight excluding hydrogens is 309 g/mol. The lowest BCUT2D eigenvalue weighted by molar-refractivity contribution is 0.164. The Morgan fingerprint density at radius 1 is 1.21 bits per heavy atom. The number of nitrogens with one attached hydrogen (secondary N) is 1. The van der Waals surface area contributed by atoms with Gasteiger partial charge in [0.1, 0.15) is 11.6 Å². The van der Waals surface area contributed by atoms with Gasteiger partial charge >= 0.3 is 0 Å². The van der Waals surface area contributed by atoms with Crippen molar-refractivity contribution in [1.82, 2.24) is 5.32 Å². The molecule has 1 aromatic carbocycles. The Labute approximate surface area is 123 Å². The van der Waals surface area contributed by atoms with Gasteiger partial charge in [0.05, 0.1) is 11.1 Å². The van der Waals surface area contributed by atoms with Crippen LogP contribution in [0.15, 0.2) is 22.7 Å². The first-order valence-corrected chi connectivity index (χ1v) is 7.21. The molecule has 0 amide bonds. The molecule has 19 heavy (non-hydrogen) atoms. The lowest BCUT2D eigenvalue weighted by atomic mass is 9.93. The predicted octanol–water partition coefficient (Wildman–Crippen LogP) is 4.38. The second kappa shape index (κ2) is 6.23. The molecule has 108 valence electrons. The largest absolute Gasteiger partial charge is 0.492 e. The number of ether oxygens (including phenoxy) is 1. The molecular formula is C15H23BrFNO. The Bertz CT molecular complexity index is 427. The molecule has 2 nitrogen and oxygen atoms in total. The summed E-state index contributed by atoms with van der Waals surface area (Å²) in [6.45, 7) is 12.0. The van der Waals surface area contributed by atoms with E-state index in [0.29, 0.717) is 12.4 Å². The minimum absolute atomic E-state index is 0.0287. The van der Waals surface area contributed by atoms with Crippen LogP contribution in [-0.4, -0.2) is 18.7 Å². The topological polar surface area (TPSA) is 21.3 Å². The standard InChI is InChI=1S/C15H23BrFNO/c1-14(2,3)18-9-15(4,5)10-19-13-8-11(17)6-7-12(13)16/h6-8,18H,9-10H2,1-5H3. The van der Waals surface area contributed by atoms with Crippen molar-refractivity contribution < 1.29 is 9.13 Å². The number of hydrogen-bond donors (Lipinski definition) is 1. The van der Waals surface area contributed by atoms with Crippen LogP contribution in [-0.2, 0) is 0 Å². The van der Waals surface area contributed by atoms with E-state index in [1.165, 1.54) is 12.1 Å². The van der Waals surface area contributed by atoms with E-state index in [9.17, 15) is 4.39 Å². The van der Waals surface area contributed by atoms with Gasteiger partial charge in [-0.2, -0.15) is 0 Å². The van der Waals surface area contributed by atoms with Crippen LogP contribution in [0.5, 0.6) is 5.75 Å². The SMILES string of the molecule is CC(C)(CNC(C)(C)C)COc1cc(F)ccc1Br. The summed E-state index contributed by atoms with van der Waals surface area (Å²) in [5.41, 5.74) is 0.0513. The normalized spacial score (nSPS) is 12.6. The lowest BCUT2D eigenvalue weighted by Crippen LogP contribution is -2.43.